The van der Waals surface area contributed by atoms with E-state index in [9.17, 15) is 8.42 Å². The number of nitrogens with zero attached hydrogens (tertiary/aromatic N) is 1. The minimum Gasteiger partial charge on any atom is -0.212 e. The van der Waals surface area contributed by atoms with Gasteiger partial charge in [-0.15, -0.1) is 0 Å². The van der Waals surface area contributed by atoms with Crippen molar-refractivity contribution in [2.24, 2.45) is 5.92 Å². The molecule has 0 saturated heterocycles. The fourth-order valence-electron chi connectivity index (χ4n) is 2.50. The molecule has 1 aromatic rings. The number of nitrogens with one attached hydrogen (secondary N) is 1. The second-order valence-electron chi connectivity index (χ2n) is 5.30. The van der Waals surface area contributed by atoms with Crippen LogP contribution in [0.3, 0.4) is 0 Å². The van der Waals surface area contributed by atoms with E-state index in [0.29, 0.717) is 17.0 Å². The summed E-state index contributed by atoms with van der Waals surface area (Å²) in [6, 6.07) is 8.76. The highest BCUT2D eigenvalue weighted by Crippen LogP contribution is 2.25. The monoisotopic (exact) mass is 278 g/mol. The second-order valence-corrected chi connectivity index (χ2v) is 7.05. The van der Waals surface area contributed by atoms with E-state index in [-0.39, 0.29) is 11.8 Å². The van der Waals surface area contributed by atoms with E-state index in [1.807, 2.05) is 6.07 Å². The minimum atomic E-state index is -3.29. The van der Waals surface area contributed by atoms with E-state index >= 15 is 0 Å². The molecular formula is C14H18N2O2S. The summed E-state index contributed by atoms with van der Waals surface area (Å²) in [4.78, 5) is 0. The van der Waals surface area contributed by atoms with Gasteiger partial charge in [-0.2, -0.15) is 5.26 Å². The van der Waals surface area contributed by atoms with Gasteiger partial charge in [-0.1, -0.05) is 19.1 Å². The Morgan fingerprint density at radius 1 is 1.32 bits per heavy atom. The average molecular weight is 278 g/mol. The van der Waals surface area contributed by atoms with Crippen LogP contribution in [0.5, 0.6) is 0 Å². The lowest BCUT2D eigenvalue weighted by Gasteiger charge is -2.13. The van der Waals surface area contributed by atoms with Crippen LogP contribution in [0.4, 0.5) is 0 Å². The highest BCUT2D eigenvalue weighted by molar-refractivity contribution is 7.88. The van der Waals surface area contributed by atoms with Crippen LogP contribution in [0.25, 0.3) is 0 Å². The van der Waals surface area contributed by atoms with Gasteiger partial charge in [-0.25, -0.2) is 13.1 Å². The van der Waals surface area contributed by atoms with Gasteiger partial charge in [0.1, 0.15) is 0 Å². The lowest BCUT2D eigenvalue weighted by molar-refractivity contribution is 0.538. The van der Waals surface area contributed by atoms with Gasteiger partial charge in [0, 0.05) is 6.04 Å². The maximum atomic E-state index is 12.0. The fourth-order valence-corrected chi connectivity index (χ4v) is 3.94. The molecule has 2 rings (SSSR count). The van der Waals surface area contributed by atoms with Gasteiger partial charge in [0.05, 0.1) is 17.4 Å². The van der Waals surface area contributed by atoms with E-state index in [1.54, 1.807) is 24.3 Å². The molecule has 0 aromatic heterocycles. The molecule has 1 aliphatic carbocycles. The first-order chi connectivity index (χ1) is 8.98. The minimum absolute atomic E-state index is 0.0242. The molecule has 1 saturated carbocycles. The van der Waals surface area contributed by atoms with Gasteiger partial charge in [0.2, 0.25) is 10.0 Å². The van der Waals surface area contributed by atoms with E-state index in [0.717, 1.165) is 19.3 Å². The number of hydrogen-bond acceptors (Lipinski definition) is 3. The quantitative estimate of drug-likeness (QED) is 0.917. The molecule has 0 heterocycles. The van der Waals surface area contributed by atoms with E-state index in [2.05, 4.69) is 11.6 Å². The Morgan fingerprint density at radius 2 is 2.00 bits per heavy atom. The zero-order valence-corrected chi connectivity index (χ0v) is 11.8. The highest BCUT2D eigenvalue weighted by Gasteiger charge is 2.25. The standard InChI is InChI=1S/C14H18N2O2S/c1-11-2-7-14(8-11)16-19(17,18)10-13-5-3-12(9-15)4-6-13/h3-6,11,14,16H,2,7-8,10H2,1H3. The number of hydrogen-bond donors (Lipinski definition) is 1. The molecule has 0 aliphatic heterocycles. The molecule has 0 amide bonds. The van der Waals surface area contributed by atoms with Crippen molar-refractivity contribution in [2.75, 3.05) is 0 Å². The molecule has 1 aromatic carbocycles. The van der Waals surface area contributed by atoms with Crippen LogP contribution in [0.15, 0.2) is 24.3 Å². The van der Waals surface area contributed by atoms with Gasteiger partial charge < -0.3 is 0 Å². The first kappa shape index (κ1) is 14.0. The summed E-state index contributed by atoms with van der Waals surface area (Å²) in [7, 11) is -3.29. The van der Waals surface area contributed by atoms with Gasteiger partial charge in [-0.3, -0.25) is 0 Å². The SMILES string of the molecule is CC1CCC(NS(=O)(=O)Cc2ccc(C#N)cc2)C1. The summed E-state index contributed by atoms with van der Waals surface area (Å²) in [6.45, 7) is 2.15. The Bertz CT molecular complexity index is 572. The summed E-state index contributed by atoms with van der Waals surface area (Å²) in [6.07, 6.45) is 2.93. The fraction of sp³-hybridized carbons (Fsp3) is 0.500. The van der Waals surface area contributed by atoms with E-state index in [4.69, 9.17) is 5.26 Å². The predicted molar refractivity (Wildman–Crippen MR) is 73.7 cm³/mol. The average Bonchev–Trinajstić information content (AvgIpc) is 2.74. The van der Waals surface area contributed by atoms with Crippen molar-refractivity contribution in [3.05, 3.63) is 35.4 Å². The molecule has 2 unspecified atom stereocenters. The smallest absolute Gasteiger partial charge is 0.212 e. The van der Waals surface area contributed by atoms with Crippen LogP contribution in [0.1, 0.15) is 37.3 Å². The molecule has 1 aliphatic rings. The Labute approximate surface area is 114 Å². The number of rotatable bonds is 4. The van der Waals surface area contributed by atoms with Crippen molar-refractivity contribution in [2.45, 2.75) is 38.0 Å². The van der Waals surface area contributed by atoms with Crippen molar-refractivity contribution in [1.82, 2.24) is 4.72 Å². The normalized spacial score (nSPS) is 23.2. The predicted octanol–water partition coefficient (Wildman–Crippen LogP) is 2.17. The summed E-state index contributed by atoms with van der Waals surface area (Å²) in [5.74, 6) is 0.575. The molecule has 2 atom stereocenters. The van der Waals surface area contributed by atoms with Crippen LogP contribution < -0.4 is 4.72 Å². The van der Waals surface area contributed by atoms with Crippen LogP contribution >= 0.6 is 0 Å². The molecule has 0 radical (unpaired) electrons. The van der Waals surface area contributed by atoms with Crippen molar-refractivity contribution < 1.29 is 8.42 Å². The Kier molecular flexibility index (Phi) is 4.23. The summed E-state index contributed by atoms with van der Waals surface area (Å²) < 4.78 is 26.9. The van der Waals surface area contributed by atoms with Crippen LogP contribution in [0, 0.1) is 17.2 Å². The lowest BCUT2D eigenvalue weighted by atomic mass is 10.1. The molecule has 1 fully saturated rings. The maximum Gasteiger partial charge on any atom is 0.216 e. The number of benzene rings is 1. The molecule has 102 valence electrons. The Hall–Kier alpha value is -1.38. The molecule has 0 spiro atoms. The van der Waals surface area contributed by atoms with Crippen molar-refractivity contribution in [3.63, 3.8) is 0 Å². The molecule has 4 nitrogen and oxygen atoms in total. The van der Waals surface area contributed by atoms with Crippen molar-refractivity contribution in [1.29, 1.82) is 5.26 Å². The van der Waals surface area contributed by atoms with E-state index in [1.165, 1.54) is 0 Å². The van der Waals surface area contributed by atoms with Crippen molar-refractivity contribution >= 4 is 10.0 Å². The van der Waals surface area contributed by atoms with Gasteiger partial charge in [-0.05, 0) is 42.9 Å². The molecular weight excluding hydrogens is 260 g/mol. The van der Waals surface area contributed by atoms with Gasteiger partial charge >= 0.3 is 0 Å². The first-order valence-corrected chi connectivity index (χ1v) is 8.13. The molecule has 1 N–H and O–H groups in total. The molecule has 5 heteroatoms. The topological polar surface area (TPSA) is 70.0 Å². The number of sulfonamides is 1. The Balaban J connectivity index is 1.98. The van der Waals surface area contributed by atoms with Gasteiger partial charge in [0.25, 0.3) is 0 Å². The summed E-state index contributed by atoms with van der Waals surface area (Å²) in [5.41, 5.74) is 1.25. The third-order valence-electron chi connectivity index (χ3n) is 3.48. The highest BCUT2D eigenvalue weighted by atomic mass is 32.2. The summed E-state index contributed by atoms with van der Waals surface area (Å²) >= 11 is 0. The zero-order chi connectivity index (χ0) is 13.9. The largest absolute Gasteiger partial charge is 0.216 e. The molecule has 0 bridgehead atoms. The van der Waals surface area contributed by atoms with E-state index < -0.39 is 10.0 Å². The Morgan fingerprint density at radius 3 is 2.53 bits per heavy atom. The zero-order valence-electron chi connectivity index (χ0n) is 11.0. The van der Waals surface area contributed by atoms with Crippen LogP contribution in [-0.2, 0) is 15.8 Å². The van der Waals surface area contributed by atoms with Gasteiger partial charge in [0.15, 0.2) is 0 Å². The van der Waals surface area contributed by atoms with Crippen molar-refractivity contribution in [3.8, 4) is 6.07 Å². The number of nitriles is 1. The lowest BCUT2D eigenvalue weighted by Crippen LogP contribution is -2.33. The third kappa shape index (κ3) is 4.05. The van der Waals surface area contributed by atoms with Crippen LogP contribution in [0.2, 0.25) is 0 Å². The maximum absolute atomic E-state index is 12.0. The second kappa shape index (κ2) is 5.72. The molecule has 19 heavy (non-hydrogen) atoms. The van der Waals surface area contributed by atoms with Crippen LogP contribution in [-0.4, -0.2) is 14.5 Å². The third-order valence-corrected chi connectivity index (χ3v) is 4.89. The first-order valence-electron chi connectivity index (χ1n) is 6.47. The summed E-state index contributed by atoms with van der Waals surface area (Å²) in [5, 5.41) is 8.70.